The largest absolute Gasteiger partial charge is 0.481 e. The lowest BCUT2D eigenvalue weighted by atomic mass is 9.93. The molecule has 0 spiro atoms. The average Bonchev–Trinajstić information content (AvgIpc) is 2.64. The van der Waals surface area contributed by atoms with E-state index in [1.54, 1.807) is 4.90 Å². The first-order valence-electron chi connectivity index (χ1n) is 8.97. The van der Waals surface area contributed by atoms with Gasteiger partial charge in [0.2, 0.25) is 0 Å². The molecule has 2 atom stereocenters. The SMILES string of the molecule is CCCN(CC)[C@H]1C[C@@H](C(=O)O)CN(C(=O)OCc2ccccc2)C1. The van der Waals surface area contributed by atoms with Crippen LogP contribution in [-0.4, -0.2) is 59.2 Å². The van der Waals surface area contributed by atoms with E-state index in [4.69, 9.17) is 4.74 Å². The van der Waals surface area contributed by atoms with Gasteiger partial charge in [0.05, 0.1) is 5.92 Å². The van der Waals surface area contributed by atoms with Gasteiger partial charge in [-0.15, -0.1) is 0 Å². The number of hydrogen-bond donors (Lipinski definition) is 1. The Balaban J connectivity index is 2.01. The molecule has 0 unspecified atom stereocenters. The van der Waals surface area contributed by atoms with E-state index < -0.39 is 18.0 Å². The Morgan fingerprint density at radius 2 is 1.96 bits per heavy atom. The zero-order valence-corrected chi connectivity index (χ0v) is 15.1. The van der Waals surface area contributed by atoms with E-state index in [0.717, 1.165) is 25.1 Å². The fourth-order valence-corrected chi connectivity index (χ4v) is 3.36. The number of hydrogen-bond acceptors (Lipinski definition) is 4. The van der Waals surface area contributed by atoms with Crippen LogP contribution in [0.5, 0.6) is 0 Å². The maximum atomic E-state index is 12.4. The normalized spacial score (nSPS) is 20.5. The van der Waals surface area contributed by atoms with Crippen molar-refractivity contribution in [2.75, 3.05) is 26.2 Å². The van der Waals surface area contributed by atoms with Gasteiger partial charge in [-0.05, 0) is 31.5 Å². The lowest BCUT2D eigenvalue weighted by Gasteiger charge is -2.40. The smallest absolute Gasteiger partial charge is 0.410 e. The number of nitrogens with zero attached hydrogens (tertiary/aromatic N) is 2. The minimum Gasteiger partial charge on any atom is -0.481 e. The van der Waals surface area contributed by atoms with Gasteiger partial charge in [-0.25, -0.2) is 4.79 Å². The maximum absolute atomic E-state index is 12.4. The highest BCUT2D eigenvalue weighted by molar-refractivity contribution is 5.73. The third-order valence-electron chi connectivity index (χ3n) is 4.67. The number of carboxylic acid groups (broad SMARTS) is 1. The summed E-state index contributed by atoms with van der Waals surface area (Å²) in [7, 11) is 0. The molecule has 6 heteroatoms. The molecule has 1 fully saturated rings. The number of carbonyl (C=O) groups excluding carboxylic acids is 1. The van der Waals surface area contributed by atoms with Crippen LogP contribution in [0.4, 0.5) is 4.79 Å². The molecule has 1 heterocycles. The van der Waals surface area contributed by atoms with Gasteiger partial charge in [-0.3, -0.25) is 9.69 Å². The van der Waals surface area contributed by atoms with E-state index in [2.05, 4.69) is 18.7 Å². The summed E-state index contributed by atoms with van der Waals surface area (Å²) in [5.41, 5.74) is 0.917. The van der Waals surface area contributed by atoms with E-state index in [9.17, 15) is 14.7 Å². The van der Waals surface area contributed by atoms with Crippen LogP contribution in [0.15, 0.2) is 30.3 Å². The minimum absolute atomic E-state index is 0.0593. The summed E-state index contributed by atoms with van der Waals surface area (Å²) < 4.78 is 5.39. The second-order valence-corrected chi connectivity index (χ2v) is 6.50. The highest BCUT2D eigenvalue weighted by atomic mass is 16.6. The molecule has 2 rings (SSSR count). The highest BCUT2D eigenvalue weighted by Crippen LogP contribution is 2.22. The van der Waals surface area contributed by atoms with E-state index >= 15 is 0 Å². The summed E-state index contributed by atoms with van der Waals surface area (Å²) in [5.74, 6) is -1.40. The lowest BCUT2D eigenvalue weighted by molar-refractivity contribution is -0.144. The van der Waals surface area contributed by atoms with Gasteiger partial charge in [0.15, 0.2) is 0 Å². The third-order valence-corrected chi connectivity index (χ3v) is 4.67. The second-order valence-electron chi connectivity index (χ2n) is 6.50. The first-order chi connectivity index (χ1) is 12.0. The number of likely N-dealkylation sites (N-methyl/N-ethyl adjacent to an activating group) is 1. The molecule has 138 valence electrons. The summed E-state index contributed by atoms with van der Waals surface area (Å²) >= 11 is 0. The van der Waals surface area contributed by atoms with Crippen LogP contribution in [0.2, 0.25) is 0 Å². The van der Waals surface area contributed by atoms with Crippen molar-refractivity contribution in [1.29, 1.82) is 0 Å². The zero-order chi connectivity index (χ0) is 18.2. The Kier molecular flexibility index (Phi) is 7.25. The predicted molar refractivity (Wildman–Crippen MR) is 95.3 cm³/mol. The Morgan fingerprint density at radius 1 is 1.24 bits per heavy atom. The number of aliphatic carboxylic acids is 1. The van der Waals surface area contributed by atoms with Gasteiger partial charge >= 0.3 is 12.1 Å². The van der Waals surface area contributed by atoms with Gasteiger partial charge in [0.1, 0.15) is 6.61 Å². The quantitative estimate of drug-likeness (QED) is 0.820. The molecule has 0 aromatic heterocycles. The van der Waals surface area contributed by atoms with E-state index in [0.29, 0.717) is 13.0 Å². The van der Waals surface area contributed by atoms with E-state index in [1.165, 1.54) is 0 Å². The van der Waals surface area contributed by atoms with Crippen molar-refractivity contribution in [2.45, 2.75) is 39.3 Å². The topological polar surface area (TPSA) is 70.1 Å². The predicted octanol–water partition coefficient (Wildman–Crippen LogP) is 2.83. The van der Waals surface area contributed by atoms with Crippen LogP contribution < -0.4 is 0 Å². The molecule has 0 radical (unpaired) electrons. The van der Waals surface area contributed by atoms with Crippen LogP contribution in [-0.2, 0) is 16.1 Å². The number of likely N-dealkylation sites (tertiary alicyclic amines) is 1. The number of amides is 1. The van der Waals surface area contributed by atoms with Crippen LogP contribution >= 0.6 is 0 Å². The van der Waals surface area contributed by atoms with Crippen molar-refractivity contribution in [3.63, 3.8) is 0 Å². The Morgan fingerprint density at radius 3 is 2.56 bits per heavy atom. The van der Waals surface area contributed by atoms with Crippen LogP contribution in [0.3, 0.4) is 0 Å². The molecule has 1 aromatic rings. The van der Waals surface area contributed by atoms with Crippen molar-refractivity contribution < 1.29 is 19.4 Å². The van der Waals surface area contributed by atoms with Crippen LogP contribution in [0, 0.1) is 5.92 Å². The molecule has 1 N–H and O–H groups in total. The van der Waals surface area contributed by atoms with Crippen LogP contribution in [0.25, 0.3) is 0 Å². The average molecular weight is 348 g/mol. The number of carboxylic acids is 1. The lowest BCUT2D eigenvalue weighted by Crippen LogP contribution is -2.54. The molecule has 1 aliphatic rings. The summed E-state index contributed by atoms with van der Waals surface area (Å²) in [4.78, 5) is 27.8. The molecule has 1 aromatic carbocycles. The first-order valence-corrected chi connectivity index (χ1v) is 8.97. The molecule has 0 aliphatic carbocycles. The van der Waals surface area contributed by atoms with Crippen LogP contribution in [0.1, 0.15) is 32.3 Å². The molecule has 1 saturated heterocycles. The van der Waals surface area contributed by atoms with Gasteiger partial charge in [-0.2, -0.15) is 0 Å². The van der Waals surface area contributed by atoms with E-state index in [-0.39, 0.29) is 19.2 Å². The number of benzene rings is 1. The molecule has 0 saturated carbocycles. The Labute approximate surface area is 149 Å². The summed E-state index contributed by atoms with van der Waals surface area (Å²) in [6.07, 6.45) is 1.14. The highest BCUT2D eigenvalue weighted by Gasteiger charge is 2.36. The minimum atomic E-state index is -0.849. The van der Waals surface area contributed by atoms with Crippen molar-refractivity contribution in [3.8, 4) is 0 Å². The number of ether oxygens (including phenoxy) is 1. The van der Waals surface area contributed by atoms with Crippen molar-refractivity contribution in [2.24, 2.45) is 5.92 Å². The fourth-order valence-electron chi connectivity index (χ4n) is 3.36. The zero-order valence-electron chi connectivity index (χ0n) is 15.1. The number of carbonyl (C=O) groups is 2. The molecular weight excluding hydrogens is 320 g/mol. The molecule has 1 aliphatic heterocycles. The molecule has 25 heavy (non-hydrogen) atoms. The molecule has 0 bridgehead atoms. The summed E-state index contributed by atoms with van der Waals surface area (Å²) in [6, 6.07) is 9.54. The molecular formula is C19H28N2O4. The van der Waals surface area contributed by atoms with Gasteiger partial charge in [0, 0.05) is 19.1 Å². The van der Waals surface area contributed by atoms with Gasteiger partial charge in [0.25, 0.3) is 0 Å². The molecule has 6 nitrogen and oxygen atoms in total. The number of piperidine rings is 1. The maximum Gasteiger partial charge on any atom is 0.410 e. The Hall–Kier alpha value is -2.08. The summed E-state index contributed by atoms with van der Waals surface area (Å²) in [5, 5.41) is 9.45. The van der Waals surface area contributed by atoms with Crippen molar-refractivity contribution in [1.82, 2.24) is 9.80 Å². The number of rotatable bonds is 7. The monoisotopic (exact) mass is 348 g/mol. The van der Waals surface area contributed by atoms with E-state index in [1.807, 2.05) is 30.3 Å². The Bertz CT molecular complexity index is 564. The molecule has 1 amide bonds. The first kappa shape index (κ1) is 19.2. The standard InChI is InChI=1S/C19H28N2O4/c1-3-10-20(4-2)17-11-16(18(22)23)12-21(13-17)19(24)25-14-15-8-6-5-7-9-15/h5-9,16-17H,3-4,10-14H2,1-2H3,(H,22,23)/t16-,17+/m1/s1. The summed E-state index contributed by atoms with van der Waals surface area (Å²) in [6.45, 7) is 6.85. The van der Waals surface area contributed by atoms with Crippen molar-refractivity contribution in [3.05, 3.63) is 35.9 Å². The van der Waals surface area contributed by atoms with Crippen molar-refractivity contribution >= 4 is 12.1 Å². The fraction of sp³-hybridized carbons (Fsp3) is 0.579. The van der Waals surface area contributed by atoms with Gasteiger partial charge < -0.3 is 14.7 Å². The second kappa shape index (κ2) is 9.42. The van der Waals surface area contributed by atoms with Gasteiger partial charge in [-0.1, -0.05) is 44.2 Å². The third kappa shape index (κ3) is 5.46.